The summed E-state index contributed by atoms with van der Waals surface area (Å²) in [7, 11) is 3.38. The van der Waals surface area contributed by atoms with E-state index in [1.54, 1.807) is 14.2 Å². The Hall–Kier alpha value is -1.22. The summed E-state index contributed by atoms with van der Waals surface area (Å²) in [4.78, 5) is 2.57. The van der Waals surface area contributed by atoms with E-state index in [9.17, 15) is 0 Å². The average Bonchev–Trinajstić information content (AvgIpc) is 2.45. The van der Waals surface area contributed by atoms with E-state index in [1.807, 2.05) is 6.07 Å². The van der Waals surface area contributed by atoms with Crippen molar-refractivity contribution < 1.29 is 9.47 Å². The summed E-state index contributed by atoms with van der Waals surface area (Å²) in [5.41, 5.74) is 1.65. The maximum absolute atomic E-state index is 5.41. The van der Waals surface area contributed by atoms with Crippen LogP contribution in [0.3, 0.4) is 0 Å². The smallest absolute Gasteiger partial charge is 0.160 e. The number of ether oxygens (including phenoxy) is 2. The van der Waals surface area contributed by atoms with Gasteiger partial charge in [0.25, 0.3) is 0 Å². The summed E-state index contributed by atoms with van der Waals surface area (Å²) in [6.07, 6.45) is 2.43. The van der Waals surface area contributed by atoms with Gasteiger partial charge in [0.15, 0.2) is 11.5 Å². The fourth-order valence-electron chi connectivity index (χ4n) is 2.99. The number of methoxy groups -OCH3 is 2. The first-order chi connectivity index (χ1) is 9.45. The molecule has 1 aromatic rings. The van der Waals surface area contributed by atoms with Crippen LogP contribution in [0.1, 0.15) is 45.1 Å². The van der Waals surface area contributed by atoms with E-state index < -0.39 is 0 Å². The summed E-state index contributed by atoms with van der Waals surface area (Å²) in [5.74, 6) is 2.28. The molecule has 0 atom stereocenters. The van der Waals surface area contributed by atoms with Gasteiger partial charge in [-0.2, -0.15) is 0 Å². The Bertz CT molecular complexity index is 443. The van der Waals surface area contributed by atoms with Gasteiger partial charge in [-0.05, 0) is 70.3 Å². The van der Waals surface area contributed by atoms with Crippen LogP contribution in [-0.2, 0) is 0 Å². The van der Waals surface area contributed by atoms with Gasteiger partial charge in [-0.25, -0.2) is 0 Å². The summed E-state index contributed by atoms with van der Waals surface area (Å²) in [6, 6.07) is 6.33. The van der Waals surface area contributed by atoms with Crippen molar-refractivity contribution in [3.63, 3.8) is 0 Å². The fourth-order valence-corrected chi connectivity index (χ4v) is 2.99. The Kier molecular flexibility index (Phi) is 4.59. The highest BCUT2D eigenvalue weighted by atomic mass is 16.5. The normalized spacial score (nSPS) is 18.1. The molecule has 1 fully saturated rings. The maximum atomic E-state index is 5.41. The number of benzene rings is 1. The zero-order valence-corrected chi connectivity index (χ0v) is 13.4. The lowest BCUT2D eigenvalue weighted by Gasteiger charge is -2.41. The molecule has 0 radical (unpaired) electrons. The SMILES string of the molecule is COc1ccc(C2CCN(C(C)(C)C)CC2)cc1OC. The second kappa shape index (κ2) is 6.04. The van der Waals surface area contributed by atoms with Gasteiger partial charge in [-0.3, -0.25) is 4.90 Å². The van der Waals surface area contributed by atoms with E-state index in [1.165, 1.54) is 31.5 Å². The molecule has 2 rings (SSSR count). The lowest BCUT2D eigenvalue weighted by atomic mass is 9.87. The molecule has 1 aliphatic heterocycles. The van der Waals surface area contributed by atoms with Gasteiger partial charge >= 0.3 is 0 Å². The zero-order chi connectivity index (χ0) is 14.8. The first kappa shape index (κ1) is 15.2. The van der Waals surface area contributed by atoms with Crippen LogP contribution < -0.4 is 9.47 Å². The molecule has 3 nitrogen and oxygen atoms in total. The zero-order valence-electron chi connectivity index (χ0n) is 13.4. The number of rotatable bonds is 3. The van der Waals surface area contributed by atoms with E-state index in [2.05, 4.69) is 37.8 Å². The Morgan fingerprint density at radius 3 is 2.10 bits per heavy atom. The van der Waals surface area contributed by atoms with Crippen molar-refractivity contribution in [2.45, 2.75) is 45.1 Å². The van der Waals surface area contributed by atoms with Gasteiger partial charge < -0.3 is 9.47 Å². The minimum absolute atomic E-state index is 0.280. The van der Waals surface area contributed by atoms with E-state index >= 15 is 0 Å². The third-order valence-electron chi connectivity index (χ3n) is 4.32. The molecule has 0 saturated carbocycles. The highest BCUT2D eigenvalue weighted by Crippen LogP contribution is 2.35. The average molecular weight is 277 g/mol. The third kappa shape index (κ3) is 3.26. The topological polar surface area (TPSA) is 21.7 Å². The van der Waals surface area contributed by atoms with Gasteiger partial charge in [0.05, 0.1) is 14.2 Å². The fraction of sp³-hybridized carbons (Fsp3) is 0.647. The van der Waals surface area contributed by atoms with Crippen LogP contribution in [0.5, 0.6) is 11.5 Å². The van der Waals surface area contributed by atoms with E-state index in [0.29, 0.717) is 5.92 Å². The third-order valence-corrected chi connectivity index (χ3v) is 4.32. The van der Waals surface area contributed by atoms with Crippen LogP contribution in [0.2, 0.25) is 0 Å². The second-order valence-electron chi connectivity index (χ2n) is 6.55. The Labute approximate surface area is 122 Å². The molecule has 20 heavy (non-hydrogen) atoms. The van der Waals surface area contributed by atoms with Crippen LogP contribution in [0.25, 0.3) is 0 Å². The summed E-state index contributed by atoms with van der Waals surface area (Å²) in [5, 5.41) is 0. The molecular formula is C17H27NO2. The molecule has 0 bridgehead atoms. The van der Waals surface area contributed by atoms with Crippen LogP contribution >= 0.6 is 0 Å². The molecule has 0 spiro atoms. The van der Waals surface area contributed by atoms with Gasteiger partial charge in [-0.15, -0.1) is 0 Å². The van der Waals surface area contributed by atoms with Crippen LogP contribution in [0.15, 0.2) is 18.2 Å². The maximum Gasteiger partial charge on any atom is 0.160 e. The van der Waals surface area contributed by atoms with E-state index in [4.69, 9.17) is 9.47 Å². The Balaban J connectivity index is 2.07. The van der Waals surface area contributed by atoms with Crippen molar-refractivity contribution in [1.29, 1.82) is 0 Å². The Morgan fingerprint density at radius 2 is 1.60 bits per heavy atom. The highest BCUT2D eigenvalue weighted by Gasteiger charge is 2.27. The minimum Gasteiger partial charge on any atom is -0.493 e. The first-order valence-corrected chi connectivity index (χ1v) is 7.42. The molecule has 0 aliphatic carbocycles. The number of likely N-dealkylation sites (tertiary alicyclic amines) is 1. The molecule has 1 heterocycles. The van der Waals surface area contributed by atoms with Gasteiger partial charge in [0.2, 0.25) is 0 Å². The Morgan fingerprint density at radius 1 is 1.00 bits per heavy atom. The van der Waals surface area contributed by atoms with Crippen molar-refractivity contribution in [2.75, 3.05) is 27.3 Å². The summed E-state index contributed by atoms with van der Waals surface area (Å²) < 4.78 is 10.7. The summed E-state index contributed by atoms with van der Waals surface area (Å²) >= 11 is 0. The largest absolute Gasteiger partial charge is 0.493 e. The number of piperidine rings is 1. The molecule has 1 aromatic carbocycles. The molecular weight excluding hydrogens is 250 g/mol. The van der Waals surface area contributed by atoms with Crippen molar-refractivity contribution in [3.05, 3.63) is 23.8 Å². The molecule has 0 aromatic heterocycles. The standard InChI is InChI=1S/C17H27NO2/c1-17(2,3)18-10-8-13(9-11-18)14-6-7-15(19-4)16(12-14)20-5/h6-7,12-13H,8-11H2,1-5H3. The van der Waals surface area contributed by atoms with E-state index in [0.717, 1.165) is 11.5 Å². The molecule has 0 amide bonds. The summed E-state index contributed by atoms with van der Waals surface area (Å²) in [6.45, 7) is 9.22. The highest BCUT2D eigenvalue weighted by molar-refractivity contribution is 5.44. The number of hydrogen-bond acceptors (Lipinski definition) is 3. The van der Waals surface area contributed by atoms with Crippen molar-refractivity contribution in [2.24, 2.45) is 0 Å². The number of nitrogens with zero attached hydrogens (tertiary/aromatic N) is 1. The van der Waals surface area contributed by atoms with Crippen molar-refractivity contribution >= 4 is 0 Å². The molecule has 1 saturated heterocycles. The monoisotopic (exact) mass is 277 g/mol. The second-order valence-corrected chi connectivity index (χ2v) is 6.55. The quantitative estimate of drug-likeness (QED) is 0.841. The molecule has 0 unspecified atom stereocenters. The van der Waals surface area contributed by atoms with Crippen LogP contribution in [-0.4, -0.2) is 37.7 Å². The molecule has 0 N–H and O–H groups in total. The van der Waals surface area contributed by atoms with Crippen molar-refractivity contribution in [1.82, 2.24) is 4.90 Å². The first-order valence-electron chi connectivity index (χ1n) is 7.42. The molecule has 1 aliphatic rings. The van der Waals surface area contributed by atoms with Crippen LogP contribution in [0, 0.1) is 0 Å². The minimum atomic E-state index is 0.280. The number of hydrogen-bond donors (Lipinski definition) is 0. The lowest BCUT2D eigenvalue weighted by molar-refractivity contribution is 0.102. The molecule has 3 heteroatoms. The van der Waals surface area contributed by atoms with Gasteiger partial charge in [-0.1, -0.05) is 6.07 Å². The lowest BCUT2D eigenvalue weighted by Crippen LogP contribution is -2.45. The predicted octanol–water partition coefficient (Wildman–Crippen LogP) is 3.68. The molecule has 112 valence electrons. The van der Waals surface area contributed by atoms with Gasteiger partial charge in [0, 0.05) is 5.54 Å². The predicted molar refractivity (Wildman–Crippen MR) is 82.8 cm³/mol. The van der Waals surface area contributed by atoms with Crippen LogP contribution in [0.4, 0.5) is 0 Å². The van der Waals surface area contributed by atoms with E-state index in [-0.39, 0.29) is 5.54 Å². The van der Waals surface area contributed by atoms with Crippen molar-refractivity contribution in [3.8, 4) is 11.5 Å². The van der Waals surface area contributed by atoms with Gasteiger partial charge in [0.1, 0.15) is 0 Å².